The molecule has 0 amide bonds. The highest BCUT2D eigenvalue weighted by molar-refractivity contribution is 7.80. The summed E-state index contributed by atoms with van der Waals surface area (Å²) in [5.74, 6) is 0. The minimum atomic E-state index is -0.167. The lowest BCUT2D eigenvalue weighted by Crippen LogP contribution is -2.16. The number of rotatable bonds is 2. The molecule has 3 rings (SSSR count). The van der Waals surface area contributed by atoms with Crippen molar-refractivity contribution < 1.29 is 0 Å². The normalized spacial score (nSPS) is 14.3. The van der Waals surface area contributed by atoms with E-state index < -0.39 is 0 Å². The minimum Gasteiger partial charge on any atom is -0.266 e. The average Bonchev–Trinajstić information content (AvgIpc) is 2.88. The van der Waals surface area contributed by atoms with Crippen LogP contribution in [0.5, 0.6) is 0 Å². The van der Waals surface area contributed by atoms with E-state index >= 15 is 0 Å². The Bertz CT molecular complexity index is 897. The van der Waals surface area contributed by atoms with Crippen LogP contribution in [0.1, 0.15) is 18.2 Å². The van der Waals surface area contributed by atoms with Gasteiger partial charge >= 0.3 is 0 Å². The number of hydrogen-bond acceptors (Lipinski definition) is 4. The molecule has 0 saturated heterocycles. The molecule has 112 valence electrons. The highest BCUT2D eigenvalue weighted by Gasteiger charge is 2.27. The maximum Gasteiger partial charge on any atom is 0.285 e. The summed E-state index contributed by atoms with van der Waals surface area (Å²) in [6.45, 7) is 9.70. The van der Waals surface area contributed by atoms with Gasteiger partial charge in [-0.2, -0.15) is 5.11 Å². The Labute approximate surface area is 133 Å². The Balaban J connectivity index is 2.04. The molecule has 0 aliphatic carbocycles. The molecular weight excluding hydrogens is 296 g/mol. The second kappa shape index (κ2) is 5.14. The second-order valence-electron chi connectivity index (χ2n) is 5.28. The van der Waals surface area contributed by atoms with Gasteiger partial charge in [0, 0.05) is 0 Å². The first-order chi connectivity index (χ1) is 10.4. The van der Waals surface area contributed by atoms with Crippen molar-refractivity contribution in [1.82, 2.24) is 9.36 Å². The molecule has 0 fully saturated rings. The van der Waals surface area contributed by atoms with Crippen LogP contribution in [0.15, 0.2) is 56.5 Å². The summed E-state index contributed by atoms with van der Waals surface area (Å²) in [6.07, 6.45) is 0. The van der Waals surface area contributed by atoms with E-state index in [0.29, 0.717) is 22.0 Å². The molecule has 0 bridgehead atoms. The number of aryl methyl sites for hydroxylation is 1. The third-order valence-corrected chi connectivity index (χ3v) is 4.26. The number of nitrogens with zero attached hydrogens (tertiary/aromatic N) is 4. The second-order valence-corrected chi connectivity index (χ2v) is 5.73. The maximum absolute atomic E-state index is 12.2. The Morgan fingerprint density at radius 2 is 1.68 bits per heavy atom. The van der Waals surface area contributed by atoms with E-state index in [9.17, 15) is 4.79 Å². The zero-order chi connectivity index (χ0) is 16.0. The zero-order valence-corrected chi connectivity index (χ0v) is 13.6. The molecule has 0 spiro atoms. The van der Waals surface area contributed by atoms with Gasteiger partial charge in [-0.3, -0.25) is 4.79 Å². The third kappa shape index (κ3) is 2.07. The van der Waals surface area contributed by atoms with Gasteiger partial charge in [0.15, 0.2) is 0 Å². The van der Waals surface area contributed by atoms with Crippen LogP contribution in [0.25, 0.3) is 11.4 Å². The molecule has 2 heterocycles. The van der Waals surface area contributed by atoms with E-state index in [4.69, 9.17) is 0 Å². The van der Waals surface area contributed by atoms with Crippen molar-refractivity contribution in [1.29, 1.82) is 0 Å². The van der Waals surface area contributed by atoms with Gasteiger partial charge in [0.2, 0.25) is 0 Å². The topological polar surface area (TPSA) is 51.6 Å². The Hall–Kier alpha value is -2.34. The van der Waals surface area contributed by atoms with E-state index in [0.717, 1.165) is 11.4 Å². The predicted molar refractivity (Wildman–Crippen MR) is 90.6 cm³/mol. The molecule has 1 aliphatic heterocycles. The fourth-order valence-electron chi connectivity index (χ4n) is 2.48. The largest absolute Gasteiger partial charge is 0.285 e. The predicted octanol–water partition coefficient (Wildman–Crippen LogP) is 4.01. The van der Waals surface area contributed by atoms with Crippen molar-refractivity contribution in [2.24, 2.45) is 10.2 Å². The van der Waals surface area contributed by atoms with E-state index in [1.54, 1.807) is 4.68 Å². The van der Waals surface area contributed by atoms with Crippen molar-refractivity contribution in [3.8, 4) is 0 Å². The van der Waals surface area contributed by atoms with E-state index in [2.05, 4.69) is 29.4 Å². The molecule has 6 heteroatoms. The lowest BCUT2D eigenvalue weighted by molar-refractivity contribution is 0.760. The number of allylic oxidation sites excluding steroid dienone is 2. The summed E-state index contributed by atoms with van der Waals surface area (Å²) < 4.78 is 3.26. The van der Waals surface area contributed by atoms with Crippen molar-refractivity contribution >= 4 is 29.7 Å². The van der Waals surface area contributed by atoms with Gasteiger partial charge in [0.1, 0.15) is 5.70 Å². The number of azo groups is 1. The summed E-state index contributed by atoms with van der Waals surface area (Å²) >= 11 is 4.25. The third-order valence-electron chi connectivity index (χ3n) is 3.74. The van der Waals surface area contributed by atoms with Gasteiger partial charge in [-0.25, -0.2) is 9.36 Å². The first kappa shape index (κ1) is 14.6. The lowest BCUT2D eigenvalue weighted by atomic mass is 10.2. The van der Waals surface area contributed by atoms with E-state index in [-0.39, 0.29) is 5.56 Å². The molecule has 0 saturated carbocycles. The number of thiol groups is 1. The molecule has 1 aromatic heterocycles. The first-order valence-corrected chi connectivity index (χ1v) is 7.29. The van der Waals surface area contributed by atoms with Gasteiger partial charge in [-0.15, -0.1) is 17.7 Å². The first-order valence-electron chi connectivity index (χ1n) is 6.84. The van der Waals surface area contributed by atoms with Gasteiger partial charge in [0.25, 0.3) is 5.56 Å². The van der Waals surface area contributed by atoms with Gasteiger partial charge in [-0.05, 0) is 32.9 Å². The van der Waals surface area contributed by atoms with Crippen LogP contribution in [0.4, 0.5) is 5.69 Å². The Morgan fingerprint density at radius 3 is 2.27 bits per heavy atom. The number of benzene rings is 1. The van der Waals surface area contributed by atoms with Crippen LogP contribution in [0, 0.1) is 13.8 Å². The summed E-state index contributed by atoms with van der Waals surface area (Å²) in [7, 11) is 0. The average molecular weight is 312 g/mol. The fourth-order valence-corrected chi connectivity index (χ4v) is 2.67. The SMILES string of the molecule is C=C1C(N=Nc2ccc(C)cc2)=C(C)n2c(=O)c(S)c(C)n21. The summed E-state index contributed by atoms with van der Waals surface area (Å²) in [6, 6.07) is 7.75. The molecule has 1 aliphatic rings. The molecule has 22 heavy (non-hydrogen) atoms. The highest BCUT2D eigenvalue weighted by Crippen LogP contribution is 2.32. The monoisotopic (exact) mass is 312 g/mol. The smallest absolute Gasteiger partial charge is 0.266 e. The van der Waals surface area contributed by atoms with E-state index in [1.165, 1.54) is 10.2 Å². The van der Waals surface area contributed by atoms with E-state index in [1.807, 2.05) is 45.0 Å². The summed E-state index contributed by atoms with van der Waals surface area (Å²) in [5.41, 5.74) is 4.44. The summed E-state index contributed by atoms with van der Waals surface area (Å²) in [4.78, 5) is 12.6. The van der Waals surface area contributed by atoms with Gasteiger partial charge in [0.05, 0.1) is 27.7 Å². The fraction of sp³-hybridized carbons (Fsp3) is 0.188. The number of aromatic nitrogens is 2. The van der Waals surface area contributed by atoms with Crippen LogP contribution in [0.3, 0.4) is 0 Å². The van der Waals surface area contributed by atoms with Crippen molar-refractivity contribution in [3.63, 3.8) is 0 Å². The minimum absolute atomic E-state index is 0.167. The quantitative estimate of drug-likeness (QED) is 0.661. The standard InChI is InChI=1S/C16H16N4OS/c1-9-5-7-13(8-6-9)17-18-14-10(2)19-12(4)15(22)16(21)20(19)11(14)3/h5-8,22H,2H2,1,3-4H3. The van der Waals surface area contributed by atoms with Crippen LogP contribution in [-0.4, -0.2) is 9.36 Å². The molecule has 2 aromatic rings. The van der Waals surface area contributed by atoms with Gasteiger partial charge < -0.3 is 0 Å². The molecular formula is C16H16N4OS. The Morgan fingerprint density at radius 1 is 1.05 bits per heavy atom. The van der Waals surface area contributed by atoms with Crippen molar-refractivity contribution in [2.75, 3.05) is 0 Å². The molecule has 1 aromatic carbocycles. The zero-order valence-electron chi connectivity index (χ0n) is 12.7. The summed E-state index contributed by atoms with van der Waals surface area (Å²) in [5, 5.41) is 8.52. The van der Waals surface area contributed by atoms with Crippen LogP contribution in [-0.2, 0) is 0 Å². The molecule has 0 radical (unpaired) electrons. The molecule has 0 unspecified atom stereocenters. The lowest BCUT2D eigenvalue weighted by Gasteiger charge is -2.04. The molecule has 0 N–H and O–H groups in total. The molecule has 0 atom stereocenters. The maximum atomic E-state index is 12.2. The van der Waals surface area contributed by atoms with Crippen molar-refractivity contribution in [3.05, 3.63) is 58.2 Å². The highest BCUT2D eigenvalue weighted by atomic mass is 32.1. The van der Waals surface area contributed by atoms with Crippen molar-refractivity contribution in [2.45, 2.75) is 25.7 Å². The number of fused-ring (bicyclic) bond motifs is 1. The van der Waals surface area contributed by atoms with Crippen LogP contribution < -0.4 is 5.56 Å². The van der Waals surface area contributed by atoms with Crippen LogP contribution in [0.2, 0.25) is 0 Å². The Kier molecular flexibility index (Phi) is 3.41. The van der Waals surface area contributed by atoms with Crippen LogP contribution >= 0.6 is 12.6 Å². The van der Waals surface area contributed by atoms with Gasteiger partial charge in [-0.1, -0.05) is 24.3 Å². The number of hydrogen-bond donors (Lipinski definition) is 1. The molecule has 5 nitrogen and oxygen atoms in total.